The Bertz CT molecular complexity index is 3050. The van der Waals surface area contributed by atoms with Crippen molar-refractivity contribution in [2.75, 3.05) is 0 Å². The zero-order chi connectivity index (χ0) is 38.1. The van der Waals surface area contributed by atoms with Crippen molar-refractivity contribution in [1.29, 1.82) is 0 Å². The third-order valence-corrected chi connectivity index (χ3v) is 10.4. The molecule has 0 amide bonds. The van der Waals surface area contributed by atoms with Gasteiger partial charge in [-0.25, -0.2) is 19.9 Å². The molecule has 0 bridgehead atoms. The Hall–Kier alpha value is -7.63. The molecule has 0 saturated heterocycles. The molecule has 10 aromatic rings. The van der Waals surface area contributed by atoms with Gasteiger partial charge in [-0.1, -0.05) is 170 Å². The Balaban J connectivity index is 1.07. The second-order valence-corrected chi connectivity index (χ2v) is 14.2. The van der Waals surface area contributed by atoms with E-state index in [4.69, 9.17) is 24.9 Å². The number of fused-ring (bicyclic) bond motifs is 3. The first kappa shape index (κ1) is 33.9. The minimum atomic E-state index is 0.617. The zero-order valence-electron chi connectivity index (χ0n) is 31.2. The van der Waals surface area contributed by atoms with Crippen LogP contribution < -0.4 is 0 Å². The summed E-state index contributed by atoms with van der Waals surface area (Å²) in [4.78, 5) is 25.3. The smallest absolute Gasteiger partial charge is 0.164 e. The number of nitrogens with zero attached hydrogens (tertiary/aromatic N) is 5. The lowest BCUT2D eigenvalue weighted by molar-refractivity contribution is 1.07. The van der Waals surface area contributed by atoms with Crippen LogP contribution in [-0.2, 0) is 0 Å². The van der Waals surface area contributed by atoms with E-state index in [2.05, 4.69) is 152 Å². The summed E-state index contributed by atoms with van der Waals surface area (Å²) in [5, 5.41) is 2.14. The highest BCUT2D eigenvalue weighted by Gasteiger charge is 2.16. The molecule has 0 radical (unpaired) electrons. The largest absolute Gasteiger partial charge is 0.251 e. The molecule has 0 aliphatic rings. The van der Waals surface area contributed by atoms with Gasteiger partial charge in [0.25, 0.3) is 0 Å². The third kappa shape index (κ3) is 6.72. The van der Waals surface area contributed by atoms with Gasteiger partial charge in [0.1, 0.15) is 0 Å². The number of aryl methyl sites for hydroxylation is 1. The first-order chi connectivity index (χ1) is 28.1. The highest BCUT2D eigenvalue weighted by atomic mass is 15.0. The molecule has 0 aliphatic heterocycles. The minimum Gasteiger partial charge on any atom is -0.251 e. The van der Waals surface area contributed by atoms with Crippen molar-refractivity contribution in [3.8, 4) is 78.8 Å². The van der Waals surface area contributed by atoms with Crippen molar-refractivity contribution < 1.29 is 0 Å². The first-order valence-electron chi connectivity index (χ1n) is 19.1. The van der Waals surface area contributed by atoms with Gasteiger partial charge in [0.05, 0.1) is 16.7 Å². The zero-order valence-corrected chi connectivity index (χ0v) is 31.2. The van der Waals surface area contributed by atoms with Crippen LogP contribution in [0.5, 0.6) is 0 Å². The summed E-state index contributed by atoms with van der Waals surface area (Å²) < 4.78 is 0. The van der Waals surface area contributed by atoms with Crippen molar-refractivity contribution >= 4 is 21.8 Å². The van der Waals surface area contributed by atoms with Crippen molar-refractivity contribution in [2.45, 2.75) is 6.92 Å². The van der Waals surface area contributed by atoms with Crippen molar-refractivity contribution in [3.05, 3.63) is 200 Å². The molecule has 5 nitrogen and oxygen atoms in total. The maximum Gasteiger partial charge on any atom is 0.164 e. The van der Waals surface area contributed by atoms with Crippen molar-refractivity contribution in [2.24, 2.45) is 0 Å². The number of aromatic nitrogens is 5. The van der Waals surface area contributed by atoms with Crippen molar-refractivity contribution in [1.82, 2.24) is 24.9 Å². The summed E-state index contributed by atoms with van der Waals surface area (Å²) in [7, 11) is 0. The molecule has 3 heterocycles. The summed E-state index contributed by atoms with van der Waals surface area (Å²) in [6.07, 6.45) is 0. The standard InChI is InChI=1S/C52H35N5/c1-34-23-24-38-29-30-45-46(33-47(37-15-7-3-8-16-37)54-49(45)48(38)53-34)43-21-11-19-41(31-43)42-20-12-22-44(32-42)52-56-50(39-17-9-4-10-18-39)55-51(57-52)40-27-25-36(26-28-40)35-13-5-2-6-14-35/h2-33H,1H3. The average Bonchev–Trinajstić information content (AvgIpc) is 3.29. The Morgan fingerprint density at radius 1 is 0.298 bits per heavy atom. The van der Waals surface area contributed by atoms with Gasteiger partial charge in [-0.15, -0.1) is 0 Å². The first-order valence-corrected chi connectivity index (χ1v) is 19.1. The van der Waals surface area contributed by atoms with E-state index in [0.717, 1.165) is 83.3 Å². The minimum absolute atomic E-state index is 0.617. The normalized spacial score (nSPS) is 11.2. The van der Waals surface area contributed by atoms with Crippen LogP contribution in [0.25, 0.3) is 101 Å². The topological polar surface area (TPSA) is 64.5 Å². The summed E-state index contributed by atoms with van der Waals surface area (Å²) >= 11 is 0. The predicted octanol–water partition coefficient (Wildman–Crippen LogP) is 12.9. The van der Waals surface area contributed by atoms with Crippen LogP contribution in [0.15, 0.2) is 194 Å². The summed E-state index contributed by atoms with van der Waals surface area (Å²) in [6, 6.07) is 67.2. The van der Waals surface area contributed by atoms with Gasteiger partial charge in [-0.2, -0.15) is 0 Å². The summed E-state index contributed by atoms with van der Waals surface area (Å²) in [5.41, 5.74) is 14.2. The average molecular weight is 730 g/mol. The number of rotatable bonds is 7. The van der Waals surface area contributed by atoms with Crippen LogP contribution in [0, 0.1) is 6.92 Å². The maximum absolute atomic E-state index is 5.22. The SMILES string of the molecule is Cc1ccc2ccc3c(-c4cccc(-c5cccc(-c6nc(-c7ccccc7)nc(-c7ccc(-c8ccccc8)cc7)n6)c5)c4)cc(-c4ccccc4)nc3c2n1. The number of pyridine rings is 2. The van der Waals surface area contributed by atoms with Crippen LogP contribution in [0.2, 0.25) is 0 Å². The number of hydrogen-bond acceptors (Lipinski definition) is 5. The lowest BCUT2D eigenvalue weighted by Crippen LogP contribution is -2.00. The van der Waals surface area contributed by atoms with E-state index >= 15 is 0 Å². The molecule has 0 aliphatic carbocycles. The second-order valence-electron chi connectivity index (χ2n) is 14.2. The van der Waals surface area contributed by atoms with Crippen molar-refractivity contribution in [3.63, 3.8) is 0 Å². The highest BCUT2D eigenvalue weighted by molar-refractivity contribution is 6.09. The molecule has 0 spiro atoms. The molecule has 0 N–H and O–H groups in total. The van der Waals surface area contributed by atoms with E-state index < -0.39 is 0 Å². The van der Waals surface area contributed by atoms with Gasteiger partial charge < -0.3 is 0 Å². The van der Waals surface area contributed by atoms with E-state index in [1.807, 2.05) is 49.4 Å². The summed E-state index contributed by atoms with van der Waals surface area (Å²) in [5.74, 6) is 1.87. The monoisotopic (exact) mass is 729 g/mol. The van der Waals surface area contributed by atoms with Crippen LogP contribution in [0.3, 0.4) is 0 Å². The molecule has 5 heteroatoms. The molecule has 7 aromatic carbocycles. The second kappa shape index (κ2) is 14.5. The molecule has 0 atom stereocenters. The van der Waals surface area contributed by atoms with E-state index in [1.165, 1.54) is 5.56 Å². The molecule has 0 fully saturated rings. The van der Waals surface area contributed by atoms with E-state index in [1.54, 1.807) is 0 Å². The fourth-order valence-corrected chi connectivity index (χ4v) is 7.46. The van der Waals surface area contributed by atoms with Crippen LogP contribution in [0.1, 0.15) is 5.69 Å². The molecular formula is C52H35N5. The third-order valence-electron chi connectivity index (χ3n) is 10.4. The molecule has 0 unspecified atom stereocenters. The fraction of sp³-hybridized carbons (Fsp3) is 0.0192. The number of benzene rings is 7. The van der Waals surface area contributed by atoms with Crippen LogP contribution in [-0.4, -0.2) is 24.9 Å². The molecular weight excluding hydrogens is 695 g/mol. The quantitative estimate of drug-likeness (QED) is 0.153. The Morgan fingerprint density at radius 2 is 0.772 bits per heavy atom. The van der Waals surface area contributed by atoms with Gasteiger partial charge in [0, 0.05) is 38.7 Å². The molecule has 57 heavy (non-hydrogen) atoms. The lowest BCUT2D eigenvalue weighted by Gasteiger charge is -2.14. The summed E-state index contributed by atoms with van der Waals surface area (Å²) in [6.45, 7) is 2.03. The fourth-order valence-electron chi connectivity index (χ4n) is 7.46. The lowest BCUT2D eigenvalue weighted by atomic mass is 9.94. The molecule has 3 aromatic heterocycles. The maximum atomic E-state index is 5.22. The van der Waals surface area contributed by atoms with Gasteiger partial charge in [0.2, 0.25) is 0 Å². The Kier molecular flexibility index (Phi) is 8.65. The number of hydrogen-bond donors (Lipinski definition) is 0. The van der Waals surface area contributed by atoms with Crippen LogP contribution >= 0.6 is 0 Å². The Morgan fingerprint density at radius 3 is 1.44 bits per heavy atom. The van der Waals surface area contributed by atoms with E-state index in [0.29, 0.717) is 17.5 Å². The van der Waals surface area contributed by atoms with E-state index in [9.17, 15) is 0 Å². The molecule has 0 saturated carbocycles. The van der Waals surface area contributed by atoms with Crippen LogP contribution in [0.4, 0.5) is 0 Å². The van der Waals surface area contributed by atoms with Gasteiger partial charge in [0.15, 0.2) is 17.5 Å². The van der Waals surface area contributed by atoms with Gasteiger partial charge >= 0.3 is 0 Å². The highest BCUT2D eigenvalue weighted by Crippen LogP contribution is 2.37. The molecule has 10 rings (SSSR count). The van der Waals surface area contributed by atoms with E-state index in [-0.39, 0.29) is 0 Å². The predicted molar refractivity (Wildman–Crippen MR) is 233 cm³/mol. The van der Waals surface area contributed by atoms with Gasteiger partial charge in [-0.3, -0.25) is 4.98 Å². The van der Waals surface area contributed by atoms with Gasteiger partial charge in [-0.05, 0) is 64.6 Å². The Labute approximate surface area is 331 Å². The molecule has 268 valence electrons.